The van der Waals surface area contributed by atoms with Crippen LogP contribution in [0, 0.1) is 5.92 Å². The van der Waals surface area contributed by atoms with Crippen LogP contribution >= 0.6 is 0 Å². The number of nitrogens with two attached hydrogens (primary N) is 1. The molecule has 0 aliphatic carbocycles. The molecule has 1 atom stereocenters. The minimum Gasteiger partial charge on any atom is -0.390 e. The van der Waals surface area contributed by atoms with E-state index in [0.29, 0.717) is 6.54 Å². The van der Waals surface area contributed by atoms with E-state index >= 15 is 0 Å². The molecule has 0 aromatic carbocycles. The average Bonchev–Trinajstić information content (AvgIpc) is 2.20. The molecule has 0 aromatic rings. The maximum absolute atomic E-state index is 9.45. The third-order valence-electron chi connectivity index (χ3n) is 3.07. The van der Waals surface area contributed by atoms with E-state index in [1.807, 2.05) is 0 Å². The third kappa shape index (κ3) is 4.93. The van der Waals surface area contributed by atoms with E-state index in [0.717, 1.165) is 25.6 Å². The molecular formula is C11H25N3O. The zero-order chi connectivity index (χ0) is 11.3. The Balaban J connectivity index is 2.18. The van der Waals surface area contributed by atoms with Crippen molar-refractivity contribution in [1.29, 1.82) is 0 Å². The van der Waals surface area contributed by atoms with Gasteiger partial charge in [-0.15, -0.1) is 0 Å². The quantitative estimate of drug-likeness (QED) is 0.654. The van der Waals surface area contributed by atoms with E-state index in [1.54, 1.807) is 0 Å². The fourth-order valence-electron chi connectivity index (χ4n) is 2.24. The Morgan fingerprint density at radius 2 is 2.00 bits per heavy atom. The first-order valence-electron chi connectivity index (χ1n) is 5.87. The van der Waals surface area contributed by atoms with E-state index in [2.05, 4.69) is 23.9 Å². The maximum Gasteiger partial charge on any atom is 0.0789 e. The average molecular weight is 215 g/mol. The van der Waals surface area contributed by atoms with Gasteiger partial charge in [0.15, 0.2) is 0 Å². The number of piperidine rings is 1. The van der Waals surface area contributed by atoms with E-state index in [4.69, 9.17) is 5.73 Å². The summed E-state index contributed by atoms with van der Waals surface area (Å²) in [4.78, 5) is 4.58. The van der Waals surface area contributed by atoms with Crippen LogP contribution in [0.15, 0.2) is 0 Å². The predicted molar refractivity (Wildman–Crippen MR) is 62.8 cm³/mol. The molecule has 1 saturated heterocycles. The van der Waals surface area contributed by atoms with Crippen molar-refractivity contribution in [2.75, 3.05) is 46.8 Å². The topological polar surface area (TPSA) is 52.7 Å². The number of aliphatic hydroxyl groups is 1. The minimum atomic E-state index is -0.351. The second-order valence-electron chi connectivity index (χ2n) is 4.90. The summed E-state index contributed by atoms with van der Waals surface area (Å²) < 4.78 is 0. The molecule has 0 saturated carbocycles. The Kier molecular flexibility index (Phi) is 5.53. The molecule has 1 aliphatic rings. The highest BCUT2D eigenvalue weighted by Crippen LogP contribution is 2.17. The number of hydrogen-bond donors (Lipinski definition) is 2. The van der Waals surface area contributed by atoms with E-state index < -0.39 is 0 Å². The van der Waals surface area contributed by atoms with Crippen LogP contribution in [0.1, 0.15) is 12.8 Å². The molecule has 1 fully saturated rings. The van der Waals surface area contributed by atoms with Crippen molar-refractivity contribution >= 4 is 0 Å². The fourth-order valence-corrected chi connectivity index (χ4v) is 2.24. The van der Waals surface area contributed by atoms with Crippen LogP contribution in [0.25, 0.3) is 0 Å². The second-order valence-corrected chi connectivity index (χ2v) is 4.90. The Labute approximate surface area is 93.0 Å². The van der Waals surface area contributed by atoms with Crippen LogP contribution in [0.3, 0.4) is 0 Å². The number of hydrogen-bond acceptors (Lipinski definition) is 4. The number of nitrogens with zero attached hydrogens (tertiary/aromatic N) is 2. The Hall–Kier alpha value is -0.160. The van der Waals surface area contributed by atoms with Crippen LogP contribution in [0.2, 0.25) is 0 Å². The van der Waals surface area contributed by atoms with E-state index in [9.17, 15) is 5.11 Å². The number of β-amino-alcohol motifs (C(OH)–C–C–N with tert-alkyl or cyclic N) is 1. The van der Waals surface area contributed by atoms with E-state index in [-0.39, 0.29) is 6.10 Å². The summed E-state index contributed by atoms with van der Waals surface area (Å²) >= 11 is 0. The molecule has 0 aromatic heterocycles. The molecule has 4 nitrogen and oxygen atoms in total. The van der Waals surface area contributed by atoms with Gasteiger partial charge in [-0.1, -0.05) is 0 Å². The lowest BCUT2D eigenvalue weighted by atomic mass is 9.96. The summed E-state index contributed by atoms with van der Waals surface area (Å²) in [6.45, 7) is 4.52. The van der Waals surface area contributed by atoms with Crippen LogP contribution in [0.4, 0.5) is 0 Å². The summed E-state index contributed by atoms with van der Waals surface area (Å²) in [5.74, 6) is 0.825. The third-order valence-corrected chi connectivity index (χ3v) is 3.07. The molecule has 1 heterocycles. The molecule has 15 heavy (non-hydrogen) atoms. The van der Waals surface area contributed by atoms with Gasteiger partial charge >= 0.3 is 0 Å². The van der Waals surface area contributed by atoms with Gasteiger partial charge in [0.05, 0.1) is 6.10 Å². The Morgan fingerprint density at radius 3 is 2.47 bits per heavy atom. The highest BCUT2D eigenvalue weighted by molar-refractivity contribution is 4.75. The largest absolute Gasteiger partial charge is 0.390 e. The van der Waals surface area contributed by atoms with Crippen molar-refractivity contribution < 1.29 is 5.11 Å². The zero-order valence-electron chi connectivity index (χ0n) is 10.0. The first-order chi connectivity index (χ1) is 7.11. The highest BCUT2D eigenvalue weighted by Gasteiger charge is 2.20. The summed E-state index contributed by atoms with van der Waals surface area (Å²) in [5.41, 5.74) is 5.40. The molecule has 0 spiro atoms. The summed E-state index contributed by atoms with van der Waals surface area (Å²) in [6, 6.07) is 0. The molecule has 1 unspecified atom stereocenters. The van der Waals surface area contributed by atoms with Crippen molar-refractivity contribution in [3.05, 3.63) is 0 Å². The van der Waals surface area contributed by atoms with Crippen LogP contribution < -0.4 is 5.73 Å². The first-order valence-corrected chi connectivity index (χ1v) is 5.87. The number of aliphatic hydroxyl groups excluding tert-OH is 1. The molecule has 3 N–H and O–H groups in total. The number of likely N-dealkylation sites (tertiary alicyclic amines) is 1. The van der Waals surface area contributed by atoms with Gasteiger partial charge in [0.25, 0.3) is 0 Å². The molecule has 4 heteroatoms. The lowest BCUT2D eigenvalue weighted by Crippen LogP contribution is -2.42. The Bertz CT molecular complexity index is 167. The predicted octanol–water partition coefficient (Wildman–Crippen LogP) is -0.420. The van der Waals surface area contributed by atoms with Crippen LogP contribution in [-0.4, -0.2) is 67.8 Å². The summed E-state index contributed by atoms with van der Waals surface area (Å²) in [6.07, 6.45) is 2.14. The lowest BCUT2D eigenvalue weighted by Gasteiger charge is -2.34. The minimum absolute atomic E-state index is 0.351. The van der Waals surface area contributed by atoms with Crippen LogP contribution in [0.5, 0.6) is 0 Å². The second kappa shape index (κ2) is 6.43. The maximum atomic E-state index is 9.45. The molecule has 0 amide bonds. The van der Waals surface area contributed by atoms with Crippen molar-refractivity contribution in [1.82, 2.24) is 9.80 Å². The first kappa shape index (κ1) is 12.9. The lowest BCUT2D eigenvalue weighted by molar-refractivity contribution is 0.0892. The van der Waals surface area contributed by atoms with E-state index in [1.165, 1.54) is 19.4 Å². The zero-order valence-corrected chi connectivity index (χ0v) is 10.0. The van der Waals surface area contributed by atoms with Crippen molar-refractivity contribution in [3.63, 3.8) is 0 Å². The summed E-state index contributed by atoms with van der Waals surface area (Å²) in [5, 5.41) is 9.45. The van der Waals surface area contributed by atoms with Crippen molar-refractivity contribution in [2.24, 2.45) is 11.7 Å². The van der Waals surface area contributed by atoms with Crippen LogP contribution in [-0.2, 0) is 0 Å². The van der Waals surface area contributed by atoms with Gasteiger partial charge in [0, 0.05) is 19.6 Å². The van der Waals surface area contributed by atoms with Gasteiger partial charge in [-0.2, -0.15) is 0 Å². The molecule has 0 radical (unpaired) electrons. The molecule has 90 valence electrons. The number of rotatable bonds is 5. The summed E-state index contributed by atoms with van der Waals surface area (Å²) in [7, 11) is 4.26. The van der Waals surface area contributed by atoms with Gasteiger partial charge in [-0.05, 0) is 45.9 Å². The fraction of sp³-hybridized carbons (Fsp3) is 1.00. The normalized spacial score (nSPS) is 22.2. The van der Waals surface area contributed by atoms with Gasteiger partial charge in [-0.3, -0.25) is 0 Å². The standard InChI is InChI=1S/C11H25N3O/c1-13(2)8-10-3-5-14(6-4-10)9-11(15)7-12/h10-11,15H,3-9,12H2,1-2H3. The molecule has 1 rings (SSSR count). The van der Waals surface area contributed by atoms with Gasteiger partial charge in [0.2, 0.25) is 0 Å². The molecule has 0 bridgehead atoms. The monoisotopic (exact) mass is 215 g/mol. The smallest absolute Gasteiger partial charge is 0.0789 e. The van der Waals surface area contributed by atoms with Gasteiger partial charge in [-0.25, -0.2) is 0 Å². The van der Waals surface area contributed by atoms with Gasteiger partial charge < -0.3 is 20.6 Å². The highest BCUT2D eigenvalue weighted by atomic mass is 16.3. The van der Waals surface area contributed by atoms with Crippen molar-refractivity contribution in [3.8, 4) is 0 Å². The molecular weight excluding hydrogens is 190 g/mol. The SMILES string of the molecule is CN(C)CC1CCN(CC(O)CN)CC1. The molecule has 1 aliphatic heterocycles. The van der Waals surface area contributed by atoms with Crippen molar-refractivity contribution in [2.45, 2.75) is 18.9 Å². The Morgan fingerprint density at radius 1 is 1.40 bits per heavy atom. The van der Waals surface area contributed by atoms with Gasteiger partial charge in [0.1, 0.15) is 0 Å².